The Labute approximate surface area is 184 Å². The van der Waals surface area contributed by atoms with Crippen LogP contribution in [-0.2, 0) is 0 Å². The Bertz CT molecular complexity index is 967. The molecule has 0 amide bonds. The van der Waals surface area contributed by atoms with E-state index in [0.29, 0.717) is 0 Å². The van der Waals surface area contributed by atoms with Crippen LogP contribution in [0, 0.1) is 46.5 Å². The molecule has 2 rings (SSSR count). The Hall–Kier alpha value is -3.66. The number of benzene rings is 2. The van der Waals surface area contributed by atoms with Gasteiger partial charge in [0, 0.05) is 13.2 Å². The summed E-state index contributed by atoms with van der Waals surface area (Å²) in [4.78, 5) is 21.2. The van der Waals surface area contributed by atoms with E-state index in [4.69, 9.17) is 20.4 Å². The quantitative estimate of drug-likeness (QED) is 0.271. The van der Waals surface area contributed by atoms with Gasteiger partial charge in [0.15, 0.2) is 57.9 Å². The van der Waals surface area contributed by atoms with E-state index in [1.54, 1.807) is 13.8 Å². The summed E-state index contributed by atoms with van der Waals surface area (Å²) in [6, 6.07) is 0. The number of rotatable bonds is 4. The van der Waals surface area contributed by atoms with E-state index in [9.17, 15) is 44.7 Å². The highest BCUT2D eigenvalue weighted by Crippen LogP contribution is 2.34. The van der Waals surface area contributed by atoms with Crippen LogP contribution in [0.2, 0.25) is 0 Å². The number of azo groups is 1. The number of hydrogen-bond acceptors (Lipinski definition) is 6. The molecule has 0 heterocycles. The monoisotopic (exact) mass is 506 g/mol. The van der Waals surface area contributed by atoms with Gasteiger partial charge in [-0.1, -0.05) is 0 Å². The van der Waals surface area contributed by atoms with Crippen molar-refractivity contribution in [3.8, 4) is 0 Å². The molecule has 0 saturated carbocycles. The summed E-state index contributed by atoms with van der Waals surface area (Å²) in [6.45, 7) is 3.86. The lowest BCUT2D eigenvalue weighted by Gasteiger charge is -2.07. The lowest BCUT2D eigenvalue weighted by atomic mass is 10.1. The van der Waals surface area contributed by atoms with Gasteiger partial charge in [0.05, 0.1) is 0 Å². The summed E-state index contributed by atoms with van der Waals surface area (Å²) in [5.41, 5.74) is -8.12. The first kappa shape index (κ1) is 30.3. The van der Waals surface area contributed by atoms with Crippen molar-refractivity contribution in [2.24, 2.45) is 10.2 Å². The Morgan fingerprint density at radius 3 is 0.882 bits per heavy atom. The first-order valence-corrected chi connectivity index (χ1v) is 8.56. The fraction of sp³-hybridized carbons (Fsp3) is 0.222. The van der Waals surface area contributed by atoms with Crippen molar-refractivity contribution in [2.45, 2.75) is 13.8 Å². The van der Waals surface area contributed by atoms with Gasteiger partial charge in [0.25, 0.3) is 0 Å². The molecule has 0 radical (unpaired) electrons. The third-order valence-corrected chi connectivity index (χ3v) is 3.16. The third-order valence-electron chi connectivity index (χ3n) is 3.16. The number of aliphatic hydroxyl groups excluding tert-OH is 2. The zero-order valence-electron chi connectivity index (χ0n) is 16.9. The molecule has 0 spiro atoms. The Kier molecular flexibility index (Phi) is 11.7. The minimum absolute atomic E-state index is 0.250. The smallest absolute Gasteiger partial charge is 0.341 e. The molecule has 0 aromatic heterocycles. The van der Waals surface area contributed by atoms with E-state index in [0.717, 1.165) is 0 Å². The molecule has 16 heteroatoms. The molecule has 2 aromatic carbocycles. The van der Waals surface area contributed by atoms with E-state index in [1.807, 2.05) is 0 Å². The average molecular weight is 506 g/mol. The number of carbonyl (C=O) groups is 2. The zero-order valence-corrected chi connectivity index (χ0v) is 16.9. The van der Waals surface area contributed by atoms with Gasteiger partial charge < -0.3 is 20.4 Å². The van der Waals surface area contributed by atoms with Gasteiger partial charge in [-0.05, 0) is 13.8 Å². The topological polar surface area (TPSA) is 140 Å². The SMILES string of the molecule is CCO.CCO.O=C(O)c1c(F)c(F)c(N=Nc2c(F)c(F)c(C(=O)O)c(F)c2F)c(F)c1F. The molecule has 0 bridgehead atoms. The van der Waals surface area contributed by atoms with E-state index in [2.05, 4.69) is 10.2 Å². The van der Waals surface area contributed by atoms with Gasteiger partial charge in [-0.3, -0.25) is 0 Å². The van der Waals surface area contributed by atoms with Gasteiger partial charge in [0.2, 0.25) is 0 Å². The van der Waals surface area contributed by atoms with Crippen LogP contribution in [0.15, 0.2) is 10.2 Å². The van der Waals surface area contributed by atoms with Crippen molar-refractivity contribution in [2.75, 3.05) is 13.2 Å². The molecule has 0 saturated heterocycles. The Morgan fingerprint density at radius 1 is 0.559 bits per heavy atom. The van der Waals surface area contributed by atoms with Crippen molar-refractivity contribution < 1.29 is 65.1 Å². The largest absolute Gasteiger partial charge is 0.477 e. The van der Waals surface area contributed by atoms with Crippen LogP contribution >= 0.6 is 0 Å². The highest BCUT2D eigenvalue weighted by Gasteiger charge is 2.31. The fourth-order valence-electron chi connectivity index (χ4n) is 1.89. The van der Waals surface area contributed by atoms with Gasteiger partial charge in [-0.15, -0.1) is 10.2 Å². The highest BCUT2D eigenvalue weighted by molar-refractivity contribution is 5.89. The fourth-order valence-corrected chi connectivity index (χ4v) is 1.89. The van der Waals surface area contributed by atoms with Crippen LogP contribution in [0.5, 0.6) is 0 Å². The number of carboxylic acids is 2. The first-order chi connectivity index (χ1) is 15.7. The maximum atomic E-state index is 13.7. The van der Waals surface area contributed by atoms with Gasteiger partial charge in [0.1, 0.15) is 11.1 Å². The van der Waals surface area contributed by atoms with Crippen LogP contribution in [0.4, 0.5) is 46.5 Å². The molecule has 34 heavy (non-hydrogen) atoms. The number of halogens is 8. The molecule has 0 aliphatic carbocycles. The van der Waals surface area contributed by atoms with Crippen LogP contribution in [0.1, 0.15) is 34.6 Å². The van der Waals surface area contributed by atoms with E-state index in [1.165, 1.54) is 0 Å². The van der Waals surface area contributed by atoms with Crippen molar-refractivity contribution in [1.29, 1.82) is 0 Å². The molecule has 2 aromatic rings. The summed E-state index contributed by atoms with van der Waals surface area (Å²) in [6.07, 6.45) is 0. The number of aliphatic hydroxyl groups is 2. The molecular formula is C18H14F8N2O6. The minimum atomic E-state index is -2.44. The molecule has 0 atom stereocenters. The molecule has 0 aliphatic rings. The van der Waals surface area contributed by atoms with Gasteiger partial charge in [-0.25, -0.2) is 44.7 Å². The molecular weight excluding hydrogens is 492 g/mol. The highest BCUT2D eigenvalue weighted by atomic mass is 19.2. The second kappa shape index (κ2) is 13.1. The van der Waals surface area contributed by atoms with Crippen molar-refractivity contribution in [1.82, 2.24) is 0 Å². The Morgan fingerprint density at radius 2 is 0.735 bits per heavy atom. The Balaban J connectivity index is 0.00000164. The standard InChI is InChI=1S/C14H2F8N2O4.2C2H6O/c15-3-1(13(25)26)4(16)8(20)11(7(3)19)23-24-12-9(21)5(17)2(14(27)28)6(18)10(12)22;2*1-2-3/h(H,25,26)(H,27,28);2*3H,2H2,1H3. The summed E-state index contributed by atoms with van der Waals surface area (Å²) in [5.74, 6) is -24.3. The van der Waals surface area contributed by atoms with E-state index >= 15 is 0 Å². The average Bonchev–Trinajstić information content (AvgIpc) is 2.74. The number of aromatic carboxylic acids is 2. The maximum absolute atomic E-state index is 13.7. The number of carboxylic acid groups (broad SMARTS) is 2. The second-order valence-corrected chi connectivity index (χ2v) is 5.40. The molecule has 4 N–H and O–H groups in total. The summed E-state index contributed by atoms with van der Waals surface area (Å²) in [5, 5.41) is 37.0. The molecule has 0 unspecified atom stereocenters. The lowest BCUT2D eigenvalue weighted by Crippen LogP contribution is -2.10. The van der Waals surface area contributed by atoms with Crippen LogP contribution < -0.4 is 0 Å². The third kappa shape index (κ3) is 6.44. The van der Waals surface area contributed by atoms with Crippen molar-refractivity contribution in [3.63, 3.8) is 0 Å². The summed E-state index contributed by atoms with van der Waals surface area (Å²) < 4.78 is 109. The zero-order chi connectivity index (χ0) is 26.9. The van der Waals surface area contributed by atoms with Gasteiger partial charge >= 0.3 is 11.9 Å². The van der Waals surface area contributed by atoms with Crippen molar-refractivity contribution >= 4 is 23.3 Å². The summed E-state index contributed by atoms with van der Waals surface area (Å²) >= 11 is 0. The van der Waals surface area contributed by atoms with E-state index < -0.39 is 81.0 Å². The molecule has 0 aliphatic heterocycles. The predicted molar refractivity (Wildman–Crippen MR) is 96.2 cm³/mol. The van der Waals surface area contributed by atoms with Crippen LogP contribution in [0.25, 0.3) is 0 Å². The molecule has 8 nitrogen and oxygen atoms in total. The maximum Gasteiger partial charge on any atom is 0.341 e. The van der Waals surface area contributed by atoms with Crippen molar-refractivity contribution in [3.05, 3.63) is 57.7 Å². The molecule has 188 valence electrons. The normalized spacial score (nSPS) is 10.4. The second-order valence-electron chi connectivity index (χ2n) is 5.40. The lowest BCUT2D eigenvalue weighted by molar-refractivity contribution is 0.0672. The number of hydrogen-bond donors (Lipinski definition) is 4. The van der Waals surface area contributed by atoms with E-state index in [-0.39, 0.29) is 13.2 Å². The van der Waals surface area contributed by atoms with Crippen LogP contribution in [0.3, 0.4) is 0 Å². The summed E-state index contributed by atoms with van der Waals surface area (Å²) in [7, 11) is 0. The molecule has 0 fully saturated rings. The van der Waals surface area contributed by atoms with Crippen LogP contribution in [-0.4, -0.2) is 45.6 Å². The first-order valence-electron chi connectivity index (χ1n) is 8.56. The predicted octanol–water partition coefficient (Wildman–Crippen LogP) is 4.61. The minimum Gasteiger partial charge on any atom is -0.477 e. The van der Waals surface area contributed by atoms with Gasteiger partial charge in [-0.2, -0.15) is 0 Å². The number of nitrogens with zero attached hydrogens (tertiary/aromatic N) is 2.